The monoisotopic (exact) mass is 358 g/mol. The van der Waals surface area contributed by atoms with Gasteiger partial charge in [-0.3, -0.25) is 4.79 Å². The van der Waals surface area contributed by atoms with E-state index in [0.29, 0.717) is 11.3 Å². The summed E-state index contributed by atoms with van der Waals surface area (Å²) in [6.07, 6.45) is 1.65. The number of para-hydroxylation sites is 1. The van der Waals surface area contributed by atoms with E-state index in [-0.39, 0.29) is 17.4 Å². The van der Waals surface area contributed by atoms with Gasteiger partial charge in [0.25, 0.3) is 0 Å². The summed E-state index contributed by atoms with van der Waals surface area (Å²) >= 11 is 1.36. The predicted molar refractivity (Wildman–Crippen MR) is 96.0 cm³/mol. The molecule has 2 heterocycles. The minimum atomic E-state index is -0.311. The number of thioether (sulfide) groups is 1. The third-order valence-electron chi connectivity index (χ3n) is 4.08. The van der Waals surface area contributed by atoms with Crippen LogP contribution in [0.15, 0.2) is 41.8 Å². The number of Topliss-reactive ketones (excluding diaryl/α,β-unsaturated/α-hetero) is 1. The third kappa shape index (κ3) is 3.37. The average Bonchev–Trinajstić information content (AvgIpc) is 3.17. The molecular weight excluding hydrogens is 339 g/mol. The summed E-state index contributed by atoms with van der Waals surface area (Å²) in [5.41, 5.74) is 2.63. The number of benzene rings is 1. The zero-order valence-corrected chi connectivity index (χ0v) is 15.2. The van der Waals surface area contributed by atoms with E-state index < -0.39 is 0 Å². The minimum absolute atomic E-state index is 0.00802. The van der Waals surface area contributed by atoms with Gasteiger partial charge in [-0.1, -0.05) is 23.9 Å². The Bertz CT molecular complexity index is 916. The Morgan fingerprint density at radius 2 is 2.04 bits per heavy atom. The molecule has 0 radical (unpaired) electrons. The number of halogens is 1. The molecule has 1 aromatic carbocycles. The molecule has 7 heteroatoms. The summed E-state index contributed by atoms with van der Waals surface area (Å²) in [7, 11) is 0. The van der Waals surface area contributed by atoms with Gasteiger partial charge in [0.1, 0.15) is 12.1 Å². The molecule has 0 fully saturated rings. The Labute approximate surface area is 149 Å². The Morgan fingerprint density at radius 3 is 2.76 bits per heavy atom. The SMILES string of the molecule is CCn1cnnc1SCC(=O)c1cc(C)n(-c2ccccc2F)c1C. The summed E-state index contributed by atoms with van der Waals surface area (Å²) < 4.78 is 17.8. The largest absolute Gasteiger partial charge is 0.315 e. The van der Waals surface area contributed by atoms with Gasteiger partial charge in [0, 0.05) is 23.5 Å². The first-order chi connectivity index (χ1) is 12.0. The average molecular weight is 358 g/mol. The normalized spacial score (nSPS) is 11.0. The third-order valence-corrected chi connectivity index (χ3v) is 5.06. The van der Waals surface area contributed by atoms with Crippen molar-refractivity contribution in [2.75, 3.05) is 5.75 Å². The van der Waals surface area contributed by atoms with Crippen LogP contribution in [0.1, 0.15) is 28.7 Å². The van der Waals surface area contributed by atoms with Crippen molar-refractivity contribution in [3.05, 3.63) is 59.4 Å². The fraction of sp³-hybridized carbons (Fsp3) is 0.278. The minimum Gasteiger partial charge on any atom is -0.315 e. The molecule has 2 aromatic heterocycles. The van der Waals surface area contributed by atoms with E-state index in [9.17, 15) is 9.18 Å². The number of hydrogen-bond acceptors (Lipinski definition) is 4. The van der Waals surface area contributed by atoms with Crippen LogP contribution < -0.4 is 0 Å². The molecule has 3 rings (SSSR count). The van der Waals surface area contributed by atoms with Crippen molar-refractivity contribution in [1.29, 1.82) is 0 Å². The molecule has 0 atom stereocenters. The second-order valence-corrected chi connectivity index (χ2v) is 6.63. The van der Waals surface area contributed by atoms with Gasteiger partial charge >= 0.3 is 0 Å². The zero-order chi connectivity index (χ0) is 18.0. The van der Waals surface area contributed by atoms with Crippen LogP contribution in [-0.2, 0) is 6.54 Å². The highest BCUT2D eigenvalue weighted by Crippen LogP contribution is 2.25. The second-order valence-electron chi connectivity index (χ2n) is 5.68. The van der Waals surface area contributed by atoms with Crippen molar-refractivity contribution in [3.63, 3.8) is 0 Å². The van der Waals surface area contributed by atoms with Crippen LogP contribution in [-0.4, -0.2) is 30.9 Å². The topological polar surface area (TPSA) is 52.7 Å². The molecule has 0 N–H and O–H groups in total. The molecule has 0 saturated heterocycles. The first-order valence-electron chi connectivity index (χ1n) is 8.00. The highest BCUT2D eigenvalue weighted by Gasteiger charge is 2.19. The van der Waals surface area contributed by atoms with E-state index >= 15 is 0 Å². The Balaban J connectivity index is 1.85. The van der Waals surface area contributed by atoms with Crippen LogP contribution in [0.25, 0.3) is 5.69 Å². The standard InChI is InChI=1S/C18H19FN4OS/c1-4-22-11-20-21-18(22)25-10-17(24)14-9-12(2)23(13(14)3)16-8-6-5-7-15(16)19/h5-9,11H,4,10H2,1-3H3. The number of aryl methyl sites for hydroxylation is 2. The smallest absolute Gasteiger partial charge is 0.191 e. The fourth-order valence-electron chi connectivity index (χ4n) is 2.83. The number of ketones is 1. The first kappa shape index (κ1) is 17.4. The summed E-state index contributed by atoms with van der Waals surface area (Å²) in [6.45, 7) is 6.46. The van der Waals surface area contributed by atoms with E-state index in [1.165, 1.54) is 17.8 Å². The number of aromatic nitrogens is 4. The lowest BCUT2D eigenvalue weighted by molar-refractivity contribution is 0.102. The van der Waals surface area contributed by atoms with Gasteiger partial charge in [0.05, 0.1) is 11.4 Å². The zero-order valence-electron chi connectivity index (χ0n) is 14.4. The Kier molecular flexibility index (Phi) is 5.03. The van der Waals surface area contributed by atoms with Gasteiger partial charge in [-0.25, -0.2) is 4.39 Å². The molecule has 0 aliphatic carbocycles. The van der Waals surface area contributed by atoms with Gasteiger partial charge < -0.3 is 9.13 Å². The molecule has 0 aliphatic heterocycles. The van der Waals surface area contributed by atoms with Crippen molar-refractivity contribution >= 4 is 17.5 Å². The number of nitrogens with zero attached hydrogens (tertiary/aromatic N) is 4. The van der Waals surface area contributed by atoms with Crippen LogP contribution in [0.3, 0.4) is 0 Å². The molecule has 130 valence electrons. The van der Waals surface area contributed by atoms with Crippen molar-refractivity contribution < 1.29 is 9.18 Å². The maximum absolute atomic E-state index is 14.1. The molecule has 0 saturated carbocycles. The maximum Gasteiger partial charge on any atom is 0.191 e. The maximum atomic E-state index is 14.1. The number of carbonyl (C=O) groups is 1. The quantitative estimate of drug-likeness (QED) is 0.496. The molecule has 0 amide bonds. The van der Waals surface area contributed by atoms with Gasteiger partial charge in [-0.15, -0.1) is 10.2 Å². The highest BCUT2D eigenvalue weighted by atomic mass is 32.2. The molecule has 0 aliphatic rings. The lowest BCUT2D eigenvalue weighted by Gasteiger charge is -2.10. The number of carbonyl (C=O) groups excluding carboxylic acids is 1. The summed E-state index contributed by atoms with van der Waals surface area (Å²) in [5, 5.41) is 8.61. The van der Waals surface area contributed by atoms with Gasteiger partial charge in [0.2, 0.25) is 0 Å². The summed E-state index contributed by atoms with van der Waals surface area (Å²) in [4.78, 5) is 12.7. The van der Waals surface area contributed by atoms with Gasteiger partial charge in [-0.05, 0) is 39.0 Å². The molecule has 0 unspecified atom stereocenters. The van der Waals surface area contributed by atoms with Gasteiger partial charge in [-0.2, -0.15) is 0 Å². The van der Waals surface area contributed by atoms with Crippen molar-refractivity contribution in [2.45, 2.75) is 32.5 Å². The fourth-order valence-corrected chi connectivity index (χ4v) is 3.69. The van der Waals surface area contributed by atoms with Crippen LogP contribution in [0.5, 0.6) is 0 Å². The van der Waals surface area contributed by atoms with Crippen LogP contribution >= 0.6 is 11.8 Å². The first-order valence-corrected chi connectivity index (χ1v) is 8.99. The van der Waals surface area contributed by atoms with Crippen LogP contribution in [0, 0.1) is 19.7 Å². The molecule has 0 bridgehead atoms. The second kappa shape index (κ2) is 7.23. The Hall–Kier alpha value is -2.41. The van der Waals surface area contributed by atoms with E-state index in [4.69, 9.17) is 0 Å². The molecule has 25 heavy (non-hydrogen) atoms. The van der Waals surface area contributed by atoms with Crippen molar-refractivity contribution in [1.82, 2.24) is 19.3 Å². The number of rotatable bonds is 6. The van der Waals surface area contributed by atoms with Gasteiger partial charge in [0.15, 0.2) is 10.9 Å². The summed E-state index contributed by atoms with van der Waals surface area (Å²) in [5.74, 6) is -0.0552. The van der Waals surface area contributed by atoms with Crippen LogP contribution in [0.4, 0.5) is 4.39 Å². The van der Waals surface area contributed by atoms with Crippen molar-refractivity contribution in [3.8, 4) is 5.69 Å². The Morgan fingerprint density at radius 1 is 1.28 bits per heavy atom. The lowest BCUT2D eigenvalue weighted by atomic mass is 10.2. The molecule has 0 spiro atoms. The van der Waals surface area contributed by atoms with E-state index in [0.717, 1.165) is 23.1 Å². The van der Waals surface area contributed by atoms with E-state index in [1.54, 1.807) is 29.1 Å². The molecule has 3 aromatic rings. The predicted octanol–water partition coefficient (Wildman–Crippen LogP) is 3.82. The van der Waals surface area contributed by atoms with Crippen LogP contribution in [0.2, 0.25) is 0 Å². The molecule has 5 nitrogen and oxygen atoms in total. The van der Waals surface area contributed by atoms with E-state index in [1.807, 2.05) is 31.4 Å². The highest BCUT2D eigenvalue weighted by molar-refractivity contribution is 7.99. The lowest BCUT2D eigenvalue weighted by Crippen LogP contribution is -2.07. The number of hydrogen-bond donors (Lipinski definition) is 0. The molecular formula is C18H19FN4OS. The van der Waals surface area contributed by atoms with E-state index in [2.05, 4.69) is 10.2 Å². The van der Waals surface area contributed by atoms with Crippen molar-refractivity contribution in [2.24, 2.45) is 0 Å². The summed E-state index contributed by atoms with van der Waals surface area (Å²) in [6, 6.07) is 8.38.